The minimum Gasteiger partial charge on any atom is -0.337 e. The number of rotatable bonds is 5. The number of aromatic nitrogens is 7. The largest absolute Gasteiger partial charge is 0.416 e. The molecule has 3 heterocycles. The standard InChI is InChI=1S/C21H13ClF3N7O2/c22-15-3-1-2-12(8-15)9-32-19-17(28-30-32)20(33)31(11-26-19)10-16-27-18(29-34-16)13-4-6-14(7-5-13)21(23,24)25/h1-8,11H,9-10H2. The van der Waals surface area contributed by atoms with Gasteiger partial charge in [0.1, 0.15) is 12.9 Å². The average Bonchev–Trinajstić information content (AvgIpc) is 3.43. The maximum absolute atomic E-state index is 12.9. The number of nitrogens with zero attached hydrogens (tertiary/aromatic N) is 7. The van der Waals surface area contributed by atoms with Crippen LogP contribution >= 0.6 is 11.6 Å². The molecule has 0 aliphatic rings. The molecular weight excluding hydrogens is 475 g/mol. The Morgan fingerprint density at radius 2 is 1.85 bits per heavy atom. The molecule has 13 heteroatoms. The molecule has 0 aliphatic heterocycles. The van der Waals surface area contributed by atoms with Gasteiger partial charge >= 0.3 is 6.18 Å². The predicted octanol–water partition coefficient (Wildman–Crippen LogP) is 3.81. The number of hydrogen-bond acceptors (Lipinski definition) is 7. The molecule has 0 radical (unpaired) electrons. The highest BCUT2D eigenvalue weighted by atomic mass is 35.5. The summed E-state index contributed by atoms with van der Waals surface area (Å²) in [5, 5.41) is 12.3. The molecule has 5 rings (SSSR count). The molecule has 0 amide bonds. The highest BCUT2D eigenvalue weighted by molar-refractivity contribution is 6.30. The molecule has 0 aliphatic carbocycles. The fourth-order valence-electron chi connectivity index (χ4n) is 3.30. The third-order valence-corrected chi connectivity index (χ3v) is 5.19. The van der Waals surface area contributed by atoms with Crippen LogP contribution in [0.4, 0.5) is 13.2 Å². The molecule has 5 aromatic rings. The Kier molecular flexibility index (Phi) is 5.36. The molecule has 0 saturated heterocycles. The van der Waals surface area contributed by atoms with E-state index < -0.39 is 17.3 Å². The van der Waals surface area contributed by atoms with Gasteiger partial charge < -0.3 is 4.52 Å². The molecule has 0 bridgehead atoms. The van der Waals surface area contributed by atoms with Crippen LogP contribution in [0.25, 0.3) is 22.6 Å². The second kappa shape index (κ2) is 8.37. The Morgan fingerprint density at radius 3 is 2.59 bits per heavy atom. The predicted molar refractivity (Wildman–Crippen MR) is 114 cm³/mol. The van der Waals surface area contributed by atoms with Crippen LogP contribution in [0.3, 0.4) is 0 Å². The molecule has 0 saturated carbocycles. The number of halogens is 4. The van der Waals surface area contributed by atoms with Gasteiger partial charge in [-0.25, -0.2) is 9.67 Å². The van der Waals surface area contributed by atoms with Crippen LogP contribution in [0, 0.1) is 0 Å². The average molecular weight is 488 g/mol. The number of fused-ring (bicyclic) bond motifs is 1. The zero-order valence-corrected chi connectivity index (χ0v) is 17.8. The summed E-state index contributed by atoms with van der Waals surface area (Å²) in [6, 6.07) is 11.6. The van der Waals surface area contributed by atoms with Crippen LogP contribution in [0.1, 0.15) is 17.0 Å². The van der Waals surface area contributed by atoms with Crippen molar-refractivity contribution in [2.75, 3.05) is 0 Å². The SMILES string of the molecule is O=c1c2nnn(Cc3cccc(Cl)c3)c2ncn1Cc1nc(-c2ccc(C(F)(F)F)cc2)no1. The molecular formula is C21H13ClF3N7O2. The summed E-state index contributed by atoms with van der Waals surface area (Å²) in [6.45, 7) is 0.226. The van der Waals surface area contributed by atoms with E-state index in [9.17, 15) is 18.0 Å². The number of alkyl halides is 3. The van der Waals surface area contributed by atoms with E-state index in [4.69, 9.17) is 16.1 Å². The molecule has 0 N–H and O–H groups in total. The Labute approximate surface area is 193 Å². The third kappa shape index (κ3) is 4.27. The summed E-state index contributed by atoms with van der Waals surface area (Å²) in [5.41, 5.74) is 0.329. The van der Waals surface area contributed by atoms with Crippen LogP contribution in [-0.4, -0.2) is 34.7 Å². The van der Waals surface area contributed by atoms with Crippen molar-refractivity contribution in [1.29, 1.82) is 0 Å². The maximum atomic E-state index is 12.9. The minimum atomic E-state index is -4.44. The van der Waals surface area contributed by atoms with Crippen LogP contribution in [0.15, 0.2) is 64.2 Å². The molecule has 2 aromatic carbocycles. The van der Waals surface area contributed by atoms with Gasteiger partial charge in [-0.05, 0) is 29.8 Å². The van der Waals surface area contributed by atoms with Crippen molar-refractivity contribution in [2.24, 2.45) is 0 Å². The molecule has 0 unspecified atom stereocenters. The van der Waals surface area contributed by atoms with Crippen LogP contribution in [0.2, 0.25) is 5.02 Å². The van der Waals surface area contributed by atoms with Gasteiger partial charge in [-0.1, -0.05) is 46.2 Å². The van der Waals surface area contributed by atoms with E-state index in [0.29, 0.717) is 22.8 Å². The van der Waals surface area contributed by atoms with Gasteiger partial charge in [-0.15, -0.1) is 5.10 Å². The molecule has 9 nitrogen and oxygen atoms in total. The van der Waals surface area contributed by atoms with Crippen molar-refractivity contribution in [3.63, 3.8) is 0 Å². The number of hydrogen-bond donors (Lipinski definition) is 0. The van der Waals surface area contributed by atoms with Crippen molar-refractivity contribution in [3.8, 4) is 11.4 Å². The lowest BCUT2D eigenvalue weighted by Gasteiger charge is -2.05. The van der Waals surface area contributed by atoms with E-state index in [1.165, 1.54) is 27.7 Å². The lowest BCUT2D eigenvalue weighted by molar-refractivity contribution is -0.137. The van der Waals surface area contributed by atoms with E-state index in [1.807, 2.05) is 6.07 Å². The van der Waals surface area contributed by atoms with Gasteiger partial charge in [0.05, 0.1) is 12.1 Å². The lowest BCUT2D eigenvalue weighted by atomic mass is 10.1. The Bertz CT molecular complexity index is 1540. The topological polar surface area (TPSA) is 105 Å². The third-order valence-electron chi connectivity index (χ3n) is 4.96. The second-order valence-electron chi connectivity index (χ2n) is 7.31. The van der Waals surface area contributed by atoms with Crippen LogP contribution < -0.4 is 5.56 Å². The smallest absolute Gasteiger partial charge is 0.337 e. The first-order valence-corrected chi connectivity index (χ1v) is 10.2. The molecule has 0 spiro atoms. The first-order valence-electron chi connectivity index (χ1n) is 9.81. The fraction of sp³-hybridized carbons (Fsp3) is 0.143. The maximum Gasteiger partial charge on any atom is 0.416 e. The highest BCUT2D eigenvalue weighted by Gasteiger charge is 2.30. The van der Waals surface area contributed by atoms with Gasteiger partial charge in [-0.2, -0.15) is 18.2 Å². The first kappa shape index (κ1) is 21.8. The van der Waals surface area contributed by atoms with Gasteiger partial charge in [-0.3, -0.25) is 9.36 Å². The lowest BCUT2D eigenvalue weighted by Crippen LogP contribution is -2.21. The van der Waals surface area contributed by atoms with E-state index >= 15 is 0 Å². The van der Waals surface area contributed by atoms with Crippen LogP contribution in [0.5, 0.6) is 0 Å². The van der Waals surface area contributed by atoms with E-state index in [1.54, 1.807) is 18.2 Å². The molecule has 3 aromatic heterocycles. The van der Waals surface area contributed by atoms with Gasteiger partial charge in [0.25, 0.3) is 5.56 Å². The van der Waals surface area contributed by atoms with Gasteiger partial charge in [0, 0.05) is 10.6 Å². The fourth-order valence-corrected chi connectivity index (χ4v) is 3.52. The second-order valence-corrected chi connectivity index (χ2v) is 7.75. The zero-order valence-electron chi connectivity index (χ0n) is 17.1. The van der Waals surface area contributed by atoms with E-state index in [2.05, 4.69) is 25.4 Å². The zero-order chi connectivity index (χ0) is 23.9. The van der Waals surface area contributed by atoms with Gasteiger partial charge in [0.2, 0.25) is 11.7 Å². The Hall–Kier alpha value is -4.06. The minimum absolute atomic E-state index is 0.0620. The normalized spacial score (nSPS) is 11.9. The summed E-state index contributed by atoms with van der Waals surface area (Å²) in [7, 11) is 0. The Balaban J connectivity index is 1.37. The molecule has 0 fully saturated rings. The first-order chi connectivity index (χ1) is 16.3. The van der Waals surface area contributed by atoms with Crippen LogP contribution in [-0.2, 0) is 19.3 Å². The van der Waals surface area contributed by atoms with E-state index in [0.717, 1.165) is 17.7 Å². The quantitative estimate of drug-likeness (QED) is 0.371. The summed E-state index contributed by atoms with van der Waals surface area (Å²) in [6.07, 6.45) is -3.13. The van der Waals surface area contributed by atoms with Crippen molar-refractivity contribution in [1.82, 2.24) is 34.7 Å². The van der Waals surface area contributed by atoms with Crippen molar-refractivity contribution in [3.05, 3.63) is 87.3 Å². The summed E-state index contributed by atoms with van der Waals surface area (Å²) < 4.78 is 46.1. The summed E-state index contributed by atoms with van der Waals surface area (Å²) >= 11 is 6.01. The van der Waals surface area contributed by atoms with Crippen molar-refractivity contribution >= 4 is 22.8 Å². The van der Waals surface area contributed by atoms with Gasteiger partial charge in [0.15, 0.2) is 11.2 Å². The monoisotopic (exact) mass is 487 g/mol. The van der Waals surface area contributed by atoms with Crippen molar-refractivity contribution in [2.45, 2.75) is 19.3 Å². The molecule has 0 atom stereocenters. The summed E-state index contributed by atoms with van der Waals surface area (Å²) in [4.78, 5) is 21.3. The number of benzene rings is 2. The summed E-state index contributed by atoms with van der Waals surface area (Å²) in [5.74, 6) is 0.169. The molecule has 34 heavy (non-hydrogen) atoms. The molecule has 172 valence electrons. The highest BCUT2D eigenvalue weighted by Crippen LogP contribution is 2.30. The van der Waals surface area contributed by atoms with Crippen molar-refractivity contribution < 1.29 is 17.7 Å². The Morgan fingerprint density at radius 1 is 1.06 bits per heavy atom. The van der Waals surface area contributed by atoms with E-state index in [-0.39, 0.29) is 23.8 Å².